The van der Waals surface area contributed by atoms with Crippen molar-refractivity contribution in [1.29, 1.82) is 5.26 Å². The normalized spacial score (nSPS) is 13.7. The van der Waals surface area contributed by atoms with Gasteiger partial charge in [0.05, 0.1) is 18.5 Å². The van der Waals surface area contributed by atoms with Crippen LogP contribution in [-0.4, -0.2) is 29.1 Å². The Kier molecular flexibility index (Phi) is 6.06. The molecule has 6 nitrogen and oxygen atoms in total. The van der Waals surface area contributed by atoms with Gasteiger partial charge in [-0.1, -0.05) is 0 Å². The Morgan fingerprint density at radius 1 is 1.60 bits per heavy atom. The van der Waals surface area contributed by atoms with Gasteiger partial charge in [-0.2, -0.15) is 5.26 Å². The van der Waals surface area contributed by atoms with Crippen molar-refractivity contribution in [2.45, 2.75) is 38.3 Å². The van der Waals surface area contributed by atoms with Crippen LogP contribution in [0, 0.1) is 11.3 Å². The summed E-state index contributed by atoms with van der Waals surface area (Å²) < 4.78 is 0. The second-order valence-corrected chi connectivity index (χ2v) is 3.31. The number of nitrogens with one attached hydrogen (secondary N) is 1. The van der Waals surface area contributed by atoms with E-state index in [1.54, 1.807) is 6.92 Å². The molecule has 0 aromatic carbocycles. The Labute approximate surface area is 88.1 Å². The molecule has 0 fully saturated rings. The van der Waals surface area contributed by atoms with E-state index in [4.69, 9.17) is 16.1 Å². The van der Waals surface area contributed by atoms with Crippen LogP contribution in [0.2, 0.25) is 0 Å². The molecule has 0 aliphatic rings. The summed E-state index contributed by atoms with van der Waals surface area (Å²) in [5, 5.41) is 19.3. The maximum Gasteiger partial charge on any atom is 0.303 e. The van der Waals surface area contributed by atoms with Crippen molar-refractivity contribution in [2.24, 2.45) is 5.73 Å². The molecule has 0 aromatic rings. The third kappa shape index (κ3) is 6.46. The molecule has 4 N–H and O–H groups in total. The first-order chi connectivity index (χ1) is 6.97. The van der Waals surface area contributed by atoms with Gasteiger partial charge >= 0.3 is 5.97 Å². The number of hydrogen-bond acceptors (Lipinski definition) is 4. The van der Waals surface area contributed by atoms with E-state index in [0.717, 1.165) is 0 Å². The number of carboxylic acids is 1. The Balaban J connectivity index is 3.89. The molecule has 0 bridgehead atoms. The van der Waals surface area contributed by atoms with Gasteiger partial charge in [-0.05, 0) is 13.3 Å². The number of rotatable bonds is 6. The molecule has 0 heterocycles. The Morgan fingerprint density at radius 2 is 2.20 bits per heavy atom. The van der Waals surface area contributed by atoms with Gasteiger partial charge in [-0.25, -0.2) is 0 Å². The van der Waals surface area contributed by atoms with E-state index in [-0.39, 0.29) is 25.3 Å². The molecule has 0 aliphatic heterocycles. The van der Waals surface area contributed by atoms with E-state index in [0.29, 0.717) is 0 Å². The lowest BCUT2D eigenvalue weighted by molar-refractivity contribution is -0.137. The lowest BCUT2D eigenvalue weighted by atomic mass is 10.1. The summed E-state index contributed by atoms with van der Waals surface area (Å²) in [5.41, 5.74) is 5.45. The fraction of sp³-hybridized carbons (Fsp3) is 0.667. The lowest BCUT2D eigenvalue weighted by Crippen LogP contribution is -2.44. The van der Waals surface area contributed by atoms with Crippen LogP contribution in [0.4, 0.5) is 0 Å². The topological polar surface area (TPSA) is 116 Å². The van der Waals surface area contributed by atoms with Gasteiger partial charge in [0.2, 0.25) is 5.91 Å². The molecule has 15 heavy (non-hydrogen) atoms. The maximum atomic E-state index is 11.3. The van der Waals surface area contributed by atoms with Gasteiger partial charge in [0.1, 0.15) is 0 Å². The first-order valence-corrected chi connectivity index (χ1v) is 4.62. The number of nitrogens with zero attached hydrogens (tertiary/aromatic N) is 1. The fourth-order valence-electron chi connectivity index (χ4n) is 0.948. The number of nitrogens with two attached hydrogens (primary N) is 1. The van der Waals surface area contributed by atoms with Gasteiger partial charge in [-0.15, -0.1) is 0 Å². The van der Waals surface area contributed by atoms with Crippen molar-refractivity contribution in [3.8, 4) is 6.07 Å². The summed E-state index contributed by atoms with van der Waals surface area (Å²) >= 11 is 0. The average molecular weight is 213 g/mol. The minimum atomic E-state index is -0.983. The Morgan fingerprint density at radius 3 is 2.67 bits per heavy atom. The highest BCUT2D eigenvalue weighted by atomic mass is 16.4. The van der Waals surface area contributed by atoms with Crippen molar-refractivity contribution in [2.75, 3.05) is 0 Å². The van der Waals surface area contributed by atoms with Gasteiger partial charge < -0.3 is 16.2 Å². The maximum absolute atomic E-state index is 11.3. The molecule has 0 rings (SSSR count). The molecular weight excluding hydrogens is 198 g/mol. The largest absolute Gasteiger partial charge is 0.481 e. The standard InChI is InChI=1S/C9H15N3O3/c1-6(4-5-10)12-9(15)7(11)2-3-8(13)14/h6-7H,2-4,11H2,1H3,(H,12,15)(H,13,14). The predicted octanol–water partition coefficient (Wildman–Crippen LogP) is -0.403. The molecule has 2 atom stereocenters. The van der Waals surface area contributed by atoms with Crippen LogP contribution >= 0.6 is 0 Å². The zero-order chi connectivity index (χ0) is 11.8. The smallest absolute Gasteiger partial charge is 0.303 e. The van der Waals surface area contributed by atoms with Crippen molar-refractivity contribution in [1.82, 2.24) is 5.32 Å². The van der Waals surface area contributed by atoms with Gasteiger partial charge in [-0.3, -0.25) is 9.59 Å². The number of carboxylic acid groups (broad SMARTS) is 1. The summed E-state index contributed by atoms with van der Waals surface area (Å²) in [4.78, 5) is 21.5. The van der Waals surface area contributed by atoms with Crippen molar-refractivity contribution in [3.63, 3.8) is 0 Å². The van der Waals surface area contributed by atoms with Crippen LogP contribution in [0.3, 0.4) is 0 Å². The van der Waals surface area contributed by atoms with Crippen LogP contribution in [0.25, 0.3) is 0 Å². The van der Waals surface area contributed by atoms with Crippen LogP contribution in [0.15, 0.2) is 0 Å². The number of carbonyl (C=O) groups is 2. The average Bonchev–Trinajstić information content (AvgIpc) is 2.14. The highest BCUT2D eigenvalue weighted by Gasteiger charge is 2.16. The third-order valence-electron chi connectivity index (χ3n) is 1.79. The second kappa shape index (κ2) is 6.79. The molecule has 1 amide bonds. The summed E-state index contributed by atoms with van der Waals surface area (Å²) in [7, 11) is 0. The van der Waals surface area contributed by atoms with Crippen LogP contribution < -0.4 is 11.1 Å². The van der Waals surface area contributed by atoms with Gasteiger partial charge in [0.15, 0.2) is 0 Å². The Hall–Kier alpha value is -1.61. The van der Waals surface area contributed by atoms with Gasteiger partial charge in [0.25, 0.3) is 0 Å². The SMILES string of the molecule is CC(CC#N)NC(=O)C(N)CCC(=O)O. The molecule has 0 spiro atoms. The fourth-order valence-corrected chi connectivity index (χ4v) is 0.948. The van der Waals surface area contributed by atoms with E-state index in [1.807, 2.05) is 6.07 Å². The number of amides is 1. The number of hydrogen-bond donors (Lipinski definition) is 3. The van der Waals surface area contributed by atoms with Crippen molar-refractivity contribution in [3.05, 3.63) is 0 Å². The molecular formula is C9H15N3O3. The summed E-state index contributed by atoms with van der Waals surface area (Å²) in [6.45, 7) is 1.69. The third-order valence-corrected chi connectivity index (χ3v) is 1.79. The highest BCUT2D eigenvalue weighted by Crippen LogP contribution is 1.96. The minimum absolute atomic E-state index is 0.0977. The number of carbonyl (C=O) groups excluding carboxylic acids is 1. The van der Waals surface area contributed by atoms with E-state index < -0.39 is 17.9 Å². The first kappa shape index (κ1) is 13.4. The van der Waals surface area contributed by atoms with Crippen molar-refractivity contribution < 1.29 is 14.7 Å². The van der Waals surface area contributed by atoms with E-state index in [9.17, 15) is 9.59 Å². The molecule has 0 aromatic heterocycles. The molecule has 2 unspecified atom stereocenters. The van der Waals surface area contributed by atoms with Crippen LogP contribution in [-0.2, 0) is 9.59 Å². The molecule has 0 saturated heterocycles. The first-order valence-electron chi connectivity index (χ1n) is 4.62. The second-order valence-electron chi connectivity index (χ2n) is 3.31. The molecule has 0 radical (unpaired) electrons. The lowest BCUT2D eigenvalue weighted by Gasteiger charge is -2.14. The summed E-state index contributed by atoms with van der Waals surface area (Å²) in [6.07, 6.45) is 0.166. The predicted molar refractivity (Wildman–Crippen MR) is 52.7 cm³/mol. The van der Waals surface area contributed by atoms with E-state index in [1.165, 1.54) is 0 Å². The summed E-state index contributed by atoms with van der Waals surface area (Å²) in [6, 6.07) is 0.816. The van der Waals surface area contributed by atoms with Crippen LogP contribution in [0.5, 0.6) is 0 Å². The monoisotopic (exact) mass is 213 g/mol. The quantitative estimate of drug-likeness (QED) is 0.555. The molecule has 6 heteroatoms. The number of nitriles is 1. The van der Waals surface area contributed by atoms with Gasteiger partial charge in [0, 0.05) is 12.5 Å². The van der Waals surface area contributed by atoms with E-state index in [2.05, 4.69) is 5.32 Å². The molecule has 84 valence electrons. The minimum Gasteiger partial charge on any atom is -0.481 e. The van der Waals surface area contributed by atoms with Crippen molar-refractivity contribution >= 4 is 11.9 Å². The molecule has 0 aliphatic carbocycles. The molecule has 0 saturated carbocycles. The zero-order valence-corrected chi connectivity index (χ0v) is 8.56. The van der Waals surface area contributed by atoms with Crippen LogP contribution in [0.1, 0.15) is 26.2 Å². The summed E-state index contributed by atoms with van der Waals surface area (Å²) in [5.74, 6) is -1.40. The zero-order valence-electron chi connectivity index (χ0n) is 8.56. The van der Waals surface area contributed by atoms with E-state index >= 15 is 0 Å². The Bertz CT molecular complexity index is 272. The number of aliphatic carboxylic acids is 1. The highest BCUT2D eigenvalue weighted by molar-refractivity contribution is 5.82.